The number of ether oxygens (including phenoxy) is 1. The van der Waals surface area contributed by atoms with Gasteiger partial charge in [-0.25, -0.2) is 0 Å². The summed E-state index contributed by atoms with van der Waals surface area (Å²) in [5.41, 5.74) is 1.72. The van der Waals surface area contributed by atoms with Crippen molar-refractivity contribution in [2.24, 2.45) is 0 Å². The summed E-state index contributed by atoms with van der Waals surface area (Å²) in [4.78, 5) is 25.5. The van der Waals surface area contributed by atoms with Crippen molar-refractivity contribution in [2.75, 3.05) is 18.5 Å². The molecule has 0 saturated carbocycles. The van der Waals surface area contributed by atoms with Crippen LogP contribution in [-0.4, -0.2) is 29.9 Å². The molecule has 0 aromatic heterocycles. The molecule has 3 rings (SSSR count). The lowest BCUT2D eigenvalue weighted by molar-refractivity contribution is -0.128. The van der Waals surface area contributed by atoms with Gasteiger partial charge in [0.15, 0.2) is 6.61 Å². The van der Waals surface area contributed by atoms with E-state index in [0.717, 1.165) is 18.5 Å². The maximum Gasteiger partial charge on any atom is 0.262 e. The van der Waals surface area contributed by atoms with Gasteiger partial charge < -0.3 is 15.0 Å². The number of anilines is 1. The maximum atomic E-state index is 12.0. The molecule has 0 aliphatic carbocycles. The molecule has 1 aliphatic rings. The van der Waals surface area contributed by atoms with Crippen LogP contribution in [0.15, 0.2) is 54.6 Å². The van der Waals surface area contributed by atoms with Crippen molar-refractivity contribution in [1.29, 1.82) is 0 Å². The van der Waals surface area contributed by atoms with Crippen molar-refractivity contribution in [3.05, 3.63) is 60.2 Å². The second kappa shape index (κ2) is 7.64. The number of carbonyl (C=O) groups is 2. The minimum Gasteiger partial charge on any atom is -0.484 e. The molecular weight excluding hydrogens is 304 g/mol. The molecule has 2 amide bonds. The third-order valence-electron chi connectivity index (χ3n) is 3.87. The Kier molecular flexibility index (Phi) is 5.11. The van der Waals surface area contributed by atoms with Gasteiger partial charge in [0.2, 0.25) is 5.91 Å². The molecule has 1 aliphatic heterocycles. The maximum absolute atomic E-state index is 12.0. The van der Waals surface area contributed by atoms with Crippen LogP contribution in [0.3, 0.4) is 0 Å². The van der Waals surface area contributed by atoms with E-state index in [1.807, 2.05) is 47.4 Å². The van der Waals surface area contributed by atoms with Crippen LogP contribution in [-0.2, 0) is 16.1 Å². The molecule has 1 fully saturated rings. The van der Waals surface area contributed by atoms with Crippen LogP contribution < -0.4 is 10.1 Å². The number of rotatable bonds is 6. The summed E-state index contributed by atoms with van der Waals surface area (Å²) in [6, 6.07) is 16.8. The second-order valence-corrected chi connectivity index (χ2v) is 5.77. The highest BCUT2D eigenvalue weighted by Crippen LogP contribution is 2.17. The van der Waals surface area contributed by atoms with Gasteiger partial charge in [0.25, 0.3) is 5.91 Å². The Morgan fingerprint density at radius 3 is 2.71 bits per heavy atom. The summed E-state index contributed by atoms with van der Waals surface area (Å²) in [5, 5.41) is 2.82. The smallest absolute Gasteiger partial charge is 0.262 e. The number of nitrogens with one attached hydrogen (secondary N) is 1. The molecule has 2 aromatic carbocycles. The summed E-state index contributed by atoms with van der Waals surface area (Å²) < 4.78 is 5.43. The van der Waals surface area contributed by atoms with E-state index in [1.165, 1.54) is 0 Å². The SMILES string of the molecule is O=C(COc1ccccc1)Nc1cccc(CN2CCCC2=O)c1. The van der Waals surface area contributed by atoms with E-state index in [9.17, 15) is 9.59 Å². The van der Waals surface area contributed by atoms with Crippen molar-refractivity contribution >= 4 is 17.5 Å². The van der Waals surface area contributed by atoms with Gasteiger partial charge in [0.1, 0.15) is 5.75 Å². The summed E-state index contributed by atoms with van der Waals surface area (Å²) in [6.45, 7) is 1.35. The van der Waals surface area contributed by atoms with Gasteiger partial charge in [0, 0.05) is 25.2 Å². The lowest BCUT2D eigenvalue weighted by Crippen LogP contribution is -2.24. The topological polar surface area (TPSA) is 58.6 Å². The largest absolute Gasteiger partial charge is 0.484 e. The molecule has 1 saturated heterocycles. The predicted octanol–water partition coefficient (Wildman–Crippen LogP) is 2.83. The monoisotopic (exact) mass is 324 g/mol. The molecular formula is C19H20N2O3. The molecule has 5 heteroatoms. The van der Waals surface area contributed by atoms with Crippen molar-refractivity contribution in [3.63, 3.8) is 0 Å². The first-order chi connectivity index (χ1) is 11.7. The average Bonchev–Trinajstić information content (AvgIpc) is 2.99. The Labute approximate surface area is 141 Å². The molecule has 0 spiro atoms. The third kappa shape index (κ3) is 4.35. The Morgan fingerprint density at radius 2 is 1.96 bits per heavy atom. The number of amides is 2. The van der Waals surface area contributed by atoms with Crippen LogP contribution in [0.4, 0.5) is 5.69 Å². The molecule has 124 valence electrons. The van der Waals surface area contributed by atoms with Gasteiger partial charge in [-0.3, -0.25) is 9.59 Å². The van der Waals surface area contributed by atoms with Crippen molar-refractivity contribution in [3.8, 4) is 5.75 Å². The van der Waals surface area contributed by atoms with Crippen LogP contribution in [0.25, 0.3) is 0 Å². The Bertz CT molecular complexity index is 716. The fourth-order valence-electron chi connectivity index (χ4n) is 2.70. The predicted molar refractivity (Wildman–Crippen MR) is 91.7 cm³/mol. The molecule has 1 N–H and O–H groups in total. The standard InChI is InChI=1S/C19H20N2O3/c22-18(14-24-17-8-2-1-3-9-17)20-16-7-4-6-15(12-16)13-21-11-5-10-19(21)23/h1-4,6-9,12H,5,10-11,13-14H2,(H,20,22). The summed E-state index contributed by atoms with van der Waals surface area (Å²) in [5.74, 6) is 0.642. The van der Waals surface area contributed by atoms with E-state index in [1.54, 1.807) is 12.1 Å². The lowest BCUT2D eigenvalue weighted by atomic mass is 10.2. The summed E-state index contributed by atoms with van der Waals surface area (Å²) >= 11 is 0. The first-order valence-electron chi connectivity index (χ1n) is 8.05. The average molecular weight is 324 g/mol. The van der Waals surface area contributed by atoms with Crippen molar-refractivity contribution < 1.29 is 14.3 Å². The van der Waals surface area contributed by atoms with E-state index in [2.05, 4.69) is 5.32 Å². The summed E-state index contributed by atoms with van der Waals surface area (Å²) in [6.07, 6.45) is 1.55. The van der Waals surface area contributed by atoms with E-state index in [-0.39, 0.29) is 18.4 Å². The molecule has 5 nitrogen and oxygen atoms in total. The minimum atomic E-state index is -0.215. The number of hydrogen-bond acceptors (Lipinski definition) is 3. The third-order valence-corrected chi connectivity index (χ3v) is 3.87. The van der Waals surface area contributed by atoms with Gasteiger partial charge in [-0.2, -0.15) is 0 Å². The second-order valence-electron chi connectivity index (χ2n) is 5.77. The van der Waals surface area contributed by atoms with Crippen molar-refractivity contribution in [1.82, 2.24) is 4.90 Å². The van der Waals surface area contributed by atoms with Crippen LogP contribution in [0.2, 0.25) is 0 Å². The Hall–Kier alpha value is -2.82. The molecule has 0 atom stereocenters. The highest BCUT2D eigenvalue weighted by molar-refractivity contribution is 5.92. The molecule has 1 heterocycles. The van der Waals surface area contributed by atoms with Crippen LogP contribution in [0, 0.1) is 0 Å². The van der Waals surface area contributed by atoms with E-state index < -0.39 is 0 Å². The Morgan fingerprint density at radius 1 is 1.12 bits per heavy atom. The number of nitrogens with zero attached hydrogens (tertiary/aromatic N) is 1. The molecule has 0 unspecified atom stereocenters. The molecule has 24 heavy (non-hydrogen) atoms. The van der Waals surface area contributed by atoms with E-state index in [0.29, 0.717) is 24.4 Å². The first-order valence-corrected chi connectivity index (χ1v) is 8.05. The van der Waals surface area contributed by atoms with Gasteiger partial charge in [-0.05, 0) is 36.2 Å². The number of likely N-dealkylation sites (tertiary alicyclic amines) is 1. The lowest BCUT2D eigenvalue weighted by Gasteiger charge is -2.16. The zero-order valence-corrected chi connectivity index (χ0v) is 13.4. The van der Waals surface area contributed by atoms with Crippen LogP contribution in [0.5, 0.6) is 5.75 Å². The van der Waals surface area contributed by atoms with Crippen LogP contribution in [0.1, 0.15) is 18.4 Å². The number of hydrogen-bond donors (Lipinski definition) is 1. The minimum absolute atomic E-state index is 0.0428. The highest BCUT2D eigenvalue weighted by atomic mass is 16.5. The molecule has 0 radical (unpaired) electrons. The Balaban J connectivity index is 1.54. The van der Waals surface area contributed by atoms with Gasteiger partial charge >= 0.3 is 0 Å². The highest BCUT2D eigenvalue weighted by Gasteiger charge is 2.20. The number of para-hydroxylation sites is 1. The fraction of sp³-hybridized carbons (Fsp3) is 0.263. The zero-order chi connectivity index (χ0) is 16.8. The van der Waals surface area contributed by atoms with Crippen LogP contribution >= 0.6 is 0 Å². The quantitative estimate of drug-likeness (QED) is 0.889. The summed E-state index contributed by atoms with van der Waals surface area (Å²) in [7, 11) is 0. The normalized spacial score (nSPS) is 13.8. The number of carbonyl (C=O) groups excluding carboxylic acids is 2. The van der Waals surface area contributed by atoms with Gasteiger partial charge in [0.05, 0.1) is 0 Å². The van der Waals surface area contributed by atoms with Gasteiger partial charge in [-0.15, -0.1) is 0 Å². The number of benzene rings is 2. The van der Waals surface area contributed by atoms with E-state index in [4.69, 9.17) is 4.74 Å². The molecule has 0 bridgehead atoms. The molecule has 2 aromatic rings. The van der Waals surface area contributed by atoms with Crippen molar-refractivity contribution in [2.45, 2.75) is 19.4 Å². The van der Waals surface area contributed by atoms with Gasteiger partial charge in [-0.1, -0.05) is 30.3 Å². The zero-order valence-electron chi connectivity index (χ0n) is 13.4. The van der Waals surface area contributed by atoms with E-state index >= 15 is 0 Å². The fourth-order valence-corrected chi connectivity index (χ4v) is 2.70. The first kappa shape index (κ1) is 16.1.